The van der Waals surface area contributed by atoms with E-state index in [2.05, 4.69) is 31.9 Å². The van der Waals surface area contributed by atoms with Crippen molar-refractivity contribution in [1.29, 1.82) is 0 Å². The van der Waals surface area contributed by atoms with Crippen LogP contribution in [0.5, 0.6) is 11.5 Å². The predicted octanol–water partition coefficient (Wildman–Crippen LogP) is 6.73. The lowest BCUT2D eigenvalue weighted by molar-refractivity contribution is 0.111. The zero-order valence-electron chi connectivity index (χ0n) is 14.0. The Morgan fingerprint density at radius 3 is 1.79 bits per heavy atom. The van der Waals surface area contributed by atoms with E-state index in [1.807, 2.05) is 0 Å². The van der Waals surface area contributed by atoms with Gasteiger partial charge in [0.05, 0.1) is 8.95 Å². The Labute approximate surface area is 175 Å². The van der Waals surface area contributed by atoms with E-state index < -0.39 is 11.6 Å². The summed E-state index contributed by atoms with van der Waals surface area (Å²) < 4.78 is 44.7. The quantitative estimate of drug-likeness (QED) is 0.362. The normalized spacial score (nSPS) is 9.89. The Morgan fingerprint density at radius 1 is 0.679 bits per heavy atom. The van der Waals surface area contributed by atoms with Gasteiger partial charge in [0.15, 0.2) is 11.6 Å². The van der Waals surface area contributed by atoms with E-state index in [1.54, 1.807) is 6.07 Å². The van der Waals surface area contributed by atoms with Crippen LogP contribution < -0.4 is 4.74 Å². The molecule has 0 aliphatic heterocycles. The molecule has 0 saturated carbocycles. The van der Waals surface area contributed by atoms with Gasteiger partial charge in [0.2, 0.25) is 0 Å². The first-order valence-corrected chi connectivity index (χ1v) is 9.20. The Hall–Kier alpha value is -2.45. The Kier molecular flexibility index (Phi) is 7.95. The molecule has 0 atom stereocenters. The molecule has 0 unspecified atom stereocenters. The van der Waals surface area contributed by atoms with E-state index in [9.17, 15) is 22.8 Å². The zero-order chi connectivity index (χ0) is 20.7. The number of ether oxygens (including phenoxy) is 1. The van der Waals surface area contributed by atoms with E-state index >= 15 is 0 Å². The second-order valence-corrected chi connectivity index (χ2v) is 6.98. The molecule has 0 heterocycles. The maximum Gasteiger partial charge on any atom is 0.168 e. The zero-order valence-corrected chi connectivity index (χ0v) is 17.1. The molecule has 144 valence electrons. The minimum atomic E-state index is -0.790. The summed E-state index contributed by atoms with van der Waals surface area (Å²) in [5.74, 6) is -1.57. The highest BCUT2D eigenvalue weighted by molar-refractivity contribution is 9.10. The van der Waals surface area contributed by atoms with Gasteiger partial charge >= 0.3 is 0 Å². The van der Waals surface area contributed by atoms with Crippen LogP contribution >= 0.6 is 31.9 Å². The molecule has 0 aromatic heterocycles. The van der Waals surface area contributed by atoms with Crippen molar-refractivity contribution in [3.8, 4) is 11.5 Å². The Bertz CT molecular complexity index is 1010. The first-order chi connectivity index (χ1) is 13.3. The number of halogens is 5. The van der Waals surface area contributed by atoms with Crippen molar-refractivity contribution in [1.82, 2.24) is 0 Å². The van der Waals surface area contributed by atoms with Crippen molar-refractivity contribution < 1.29 is 27.5 Å². The molecule has 3 rings (SSSR count). The van der Waals surface area contributed by atoms with Gasteiger partial charge in [-0.3, -0.25) is 9.59 Å². The van der Waals surface area contributed by atoms with Gasteiger partial charge in [-0.15, -0.1) is 0 Å². The minimum Gasteiger partial charge on any atom is -0.453 e. The van der Waals surface area contributed by atoms with Crippen molar-refractivity contribution in [2.45, 2.75) is 0 Å². The van der Waals surface area contributed by atoms with Crippen molar-refractivity contribution in [2.75, 3.05) is 0 Å². The van der Waals surface area contributed by atoms with Gasteiger partial charge in [-0.05, 0) is 80.4 Å². The topological polar surface area (TPSA) is 43.4 Å². The van der Waals surface area contributed by atoms with Crippen molar-refractivity contribution >= 4 is 44.4 Å². The molecule has 28 heavy (non-hydrogen) atoms. The summed E-state index contributed by atoms with van der Waals surface area (Å²) in [6, 6.07) is 11.7. The van der Waals surface area contributed by atoms with Crippen molar-refractivity contribution in [3.63, 3.8) is 0 Å². The molecule has 0 aliphatic carbocycles. The second-order valence-electron chi connectivity index (χ2n) is 5.28. The summed E-state index contributed by atoms with van der Waals surface area (Å²) in [5, 5.41) is 0. The summed E-state index contributed by atoms with van der Waals surface area (Å²) >= 11 is 6.16. The highest BCUT2D eigenvalue weighted by Gasteiger charge is 2.09. The fourth-order valence-electron chi connectivity index (χ4n) is 1.94. The molecular formula is C20H11Br2F3O3. The van der Waals surface area contributed by atoms with Gasteiger partial charge in [-0.2, -0.15) is 0 Å². The summed E-state index contributed by atoms with van der Waals surface area (Å²) in [4.78, 5) is 20.7. The standard InChI is InChI=1S/C13H7BrF2O2.C7H4BrFO/c14-10-5-8(7-17)1-3-12(10)18-13-4-2-9(15)6-11(13)16;8-6-3-5(4-10)1-2-7(6)9/h1-7H;1-4H. The van der Waals surface area contributed by atoms with Crippen LogP contribution in [-0.2, 0) is 0 Å². The minimum absolute atomic E-state index is 0.0871. The lowest BCUT2D eigenvalue weighted by atomic mass is 10.2. The highest BCUT2D eigenvalue weighted by atomic mass is 79.9. The van der Waals surface area contributed by atoms with E-state index in [4.69, 9.17) is 4.74 Å². The number of benzene rings is 3. The monoisotopic (exact) mass is 514 g/mol. The van der Waals surface area contributed by atoms with Crippen LogP contribution in [0.15, 0.2) is 63.5 Å². The number of carbonyl (C=O) groups is 2. The van der Waals surface area contributed by atoms with Crippen LogP contribution in [0.2, 0.25) is 0 Å². The van der Waals surface area contributed by atoms with Gasteiger partial charge < -0.3 is 4.74 Å². The molecular weight excluding hydrogens is 505 g/mol. The highest BCUT2D eigenvalue weighted by Crippen LogP contribution is 2.31. The summed E-state index contributed by atoms with van der Waals surface area (Å²) in [7, 11) is 0. The Morgan fingerprint density at radius 2 is 1.25 bits per heavy atom. The van der Waals surface area contributed by atoms with Crippen molar-refractivity contribution in [2.24, 2.45) is 0 Å². The lowest BCUT2D eigenvalue weighted by Crippen LogP contribution is -1.91. The van der Waals surface area contributed by atoms with Crippen LogP contribution in [0.3, 0.4) is 0 Å². The predicted molar refractivity (Wildman–Crippen MR) is 105 cm³/mol. The largest absolute Gasteiger partial charge is 0.453 e. The molecule has 0 bridgehead atoms. The van der Waals surface area contributed by atoms with Crippen LogP contribution in [-0.4, -0.2) is 12.6 Å². The maximum atomic E-state index is 13.4. The summed E-state index contributed by atoms with van der Waals surface area (Å²) in [5.41, 5.74) is 0.932. The third kappa shape index (κ3) is 6.03. The molecule has 3 nitrogen and oxygen atoms in total. The molecule has 0 aliphatic rings. The molecule has 3 aromatic rings. The second kappa shape index (κ2) is 10.2. The molecule has 0 amide bonds. The third-order valence-electron chi connectivity index (χ3n) is 3.29. The first-order valence-electron chi connectivity index (χ1n) is 7.62. The summed E-state index contributed by atoms with van der Waals surface area (Å²) in [6.07, 6.45) is 1.36. The van der Waals surface area contributed by atoms with Gasteiger partial charge in [-0.1, -0.05) is 0 Å². The average Bonchev–Trinajstić information content (AvgIpc) is 2.68. The number of carbonyl (C=O) groups excluding carboxylic acids is 2. The van der Waals surface area contributed by atoms with Crippen LogP contribution in [0, 0.1) is 17.5 Å². The maximum absolute atomic E-state index is 13.4. The average molecular weight is 516 g/mol. The fraction of sp³-hybridized carbons (Fsp3) is 0. The fourth-order valence-corrected chi connectivity index (χ4v) is 2.81. The van der Waals surface area contributed by atoms with Crippen LogP contribution in [0.4, 0.5) is 13.2 Å². The number of hydrogen-bond donors (Lipinski definition) is 0. The number of aldehydes is 2. The summed E-state index contributed by atoms with van der Waals surface area (Å²) in [6.45, 7) is 0. The molecule has 0 saturated heterocycles. The van der Waals surface area contributed by atoms with Gasteiger partial charge in [0, 0.05) is 17.2 Å². The van der Waals surface area contributed by atoms with Crippen LogP contribution in [0.25, 0.3) is 0 Å². The molecule has 3 aromatic carbocycles. The molecule has 0 spiro atoms. The lowest BCUT2D eigenvalue weighted by Gasteiger charge is -2.08. The van der Waals surface area contributed by atoms with Crippen molar-refractivity contribution in [3.05, 3.63) is 92.1 Å². The van der Waals surface area contributed by atoms with E-state index in [1.165, 1.54) is 36.4 Å². The number of rotatable bonds is 4. The van der Waals surface area contributed by atoms with E-state index in [-0.39, 0.29) is 11.6 Å². The Balaban J connectivity index is 0.000000237. The molecule has 0 N–H and O–H groups in total. The third-order valence-corrected chi connectivity index (χ3v) is 4.51. The SMILES string of the molecule is O=Cc1ccc(F)c(Br)c1.O=Cc1ccc(Oc2ccc(F)cc2F)c(Br)c1. The molecule has 0 fully saturated rings. The smallest absolute Gasteiger partial charge is 0.168 e. The van der Waals surface area contributed by atoms with E-state index in [0.717, 1.165) is 12.1 Å². The molecule has 0 radical (unpaired) electrons. The first kappa shape index (κ1) is 21.8. The molecule has 8 heteroatoms. The van der Waals surface area contributed by atoms with E-state index in [0.29, 0.717) is 38.4 Å². The van der Waals surface area contributed by atoms with Crippen LogP contribution in [0.1, 0.15) is 20.7 Å². The van der Waals surface area contributed by atoms with Gasteiger partial charge in [0.1, 0.15) is 30.0 Å². The number of hydrogen-bond acceptors (Lipinski definition) is 3. The van der Waals surface area contributed by atoms with Gasteiger partial charge in [0.25, 0.3) is 0 Å². The van der Waals surface area contributed by atoms with Gasteiger partial charge in [-0.25, -0.2) is 13.2 Å².